The first kappa shape index (κ1) is 33.7. The fourth-order valence-corrected chi connectivity index (χ4v) is 3.84. The van der Waals surface area contributed by atoms with Crippen LogP contribution >= 0.6 is 0 Å². The summed E-state index contributed by atoms with van der Waals surface area (Å²) in [6.07, 6.45) is -0.0232. The van der Waals surface area contributed by atoms with E-state index in [1.165, 1.54) is 20.8 Å². The molecule has 7 amide bonds. The average molecular weight is 571 g/mol. The van der Waals surface area contributed by atoms with Crippen molar-refractivity contribution in [2.75, 3.05) is 6.54 Å². The molecule has 0 aromatic rings. The van der Waals surface area contributed by atoms with Gasteiger partial charge in [0.2, 0.25) is 41.4 Å². The fourth-order valence-electron chi connectivity index (χ4n) is 3.84. The molecule has 17 nitrogen and oxygen atoms in total. The van der Waals surface area contributed by atoms with E-state index in [0.717, 1.165) is 4.90 Å². The topological polar surface area (TPSA) is 286 Å². The van der Waals surface area contributed by atoms with E-state index in [1.807, 2.05) is 0 Å². The van der Waals surface area contributed by atoms with Gasteiger partial charge in [-0.3, -0.25) is 33.6 Å². The Labute approximate surface area is 230 Å². The van der Waals surface area contributed by atoms with Gasteiger partial charge in [-0.25, -0.2) is 4.79 Å². The van der Waals surface area contributed by atoms with Crippen molar-refractivity contribution in [2.45, 2.75) is 89.1 Å². The van der Waals surface area contributed by atoms with Crippen LogP contribution in [0.15, 0.2) is 0 Å². The lowest BCUT2D eigenvalue weighted by Gasteiger charge is -2.27. The number of carbonyl (C=O) groups is 8. The molecule has 1 aliphatic heterocycles. The molecule has 17 heteroatoms. The number of nitrogens with two attached hydrogens (primary N) is 3. The van der Waals surface area contributed by atoms with E-state index in [9.17, 15) is 43.5 Å². The second-order valence-electron chi connectivity index (χ2n) is 9.56. The Kier molecular flexibility index (Phi) is 12.9. The molecule has 6 atom stereocenters. The maximum absolute atomic E-state index is 12.8. The largest absolute Gasteiger partial charge is 0.480 e. The average Bonchev–Trinajstić information content (AvgIpc) is 3.36. The Morgan fingerprint density at radius 3 is 1.85 bits per heavy atom. The van der Waals surface area contributed by atoms with Crippen molar-refractivity contribution in [3.8, 4) is 0 Å². The molecule has 0 aromatic carbocycles. The monoisotopic (exact) mass is 570 g/mol. The number of carboxylic acids is 1. The van der Waals surface area contributed by atoms with Crippen LogP contribution in [0, 0.1) is 0 Å². The number of rotatable bonds is 15. The molecule has 1 aliphatic rings. The van der Waals surface area contributed by atoms with Crippen molar-refractivity contribution >= 4 is 47.3 Å². The van der Waals surface area contributed by atoms with Gasteiger partial charge in [-0.2, -0.15) is 0 Å². The molecule has 0 spiro atoms. The first-order valence-corrected chi connectivity index (χ1v) is 12.6. The van der Waals surface area contributed by atoms with Crippen LogP contribution in [0.2, 0.25) is 0 Å². The van der Waals surface area contributed by atoms with Gasteiger partial charge >= 0.3 is 5.97 Å². The van der Waals surface area contributed by atoms with Crippen LogP contribution in [0.3, 0.4) is 0 Å². The van der Waals surface area contributed by atoms with Gasteiger partial charge in [-0.1, -0.05) is 0 Å². The molecular formula is C23H38N8O9. The molecule has 224 valence electrons. The van der Waals surface area contributed by atoms with E-state index >= 15 is 0 Å². The minimum Gasteiger partial charge on any atom is -0.480 e. The van der Waals surface area contributed by atoms with E-state index in [4.69, 9.17) is 17.2 Å². The zero-order valence-corrected chi connectivity index (χ0v) is 22.6. The number of aliphatic carboxylic acids is 1. The van der Waals surface area contributed by atoms with Crippen LogP contribution in [0.25, 0.3) is 0 Å². The molecule has 0 bridgehead atoms. The molecule has 0 aliphatic carbocycles. The highest BCUT2D eigenvalue weighted by Crippen LogP contribution is 2.18. The van der Waals surface area contributed by atoms with Crippen molar-refractivity contribution in [1.29, 1.82) is 0 Å². The van der Waals surface area contributed by atoms with E-state index in [1.54, 1.807) is 0 Å². The Bertz CT molecular complexity index is 1020. The zero-order valence-electron chi connectivity index (χ0n) is 22.6. The van der Waals surface area contributed by atoms with E-state index in [2.05, 4.69) is 21.3 Å². The Balaban J connectivity index is 2.74. The highest BCUT2D eigenvalue weighted by molar-refractivity contribution is 5.97. The van der Waals surface area contributed by atoms with Crippen molar-refractivity contribution in [3.63, 3.8) is 0 Å². The van der Waals surface area contributed by atoms with Crippen molar-refractivity contribution < 1.29 is 43.5 Å². The lowest BCUT2D eigenvalue weighted by Crippen LogP contribution is -2.58. The number of carboxylic acid groups (broad SMARTS) is 1. The molecule has 0 aromatic heterocycles. The molecule has 1 fully saturated rings. The fraction of sp³-hybridized carbons (Fsp3) is 0.652. The van der Waals surface area contributed by atoms with Crippen LogP contribution in [-0.2, 0) is 38.4 Å². The summed E-state index contributed by atoms with van der Waals surface area (Å²) in [5.41, 5.74) is 15.9. The zero-order chi connectivity index (χ0) is 30.7. The summed E-state index contributed by atoms with van der Waals surface area (Å²) < 4.78 is 0. The number of hydrogen-bond acceptors (Lipinski definition) is 9. The van der Waals surface area contributed by atoms with Crippen LogP contribution in [0.5, 0.6) is 0 Å². The molecular weight excluding hydrogens is 532 g/mol. The summed E-state index contributed by atoms with van der Waals surface area (Å²) in [4.78, 5) is 97.6. The summed E-state index contributed by atoms with van der Waals surface area (Å²) in [6.45, 7) is 4.15. The maximum Gasteiger partial charge on any atom is 0.326 e. The molecule has 1 heterocycles. The number of amides is 7. The van der Waals surface area contributed by atoms with Gasteiger partial charge in [0, 0.05) is 13.0 Å². The van der Waals surface area contributed by atoms with Gasteiger partial charge in [0.25, 0.3) is 0 Å². The summed E-state index contributed by atoms with van der Waals surface area (Å²) in [5.74, 6) is -6.69. The molecule has 0 radical (unpaired) electrons. The van der Waals surface area contributed by atoms with Crippen molar-refractivity contribution in [1.82, 2.24) is 26.2 Å². The number of nitrogens with zero attached hydrogens (tertiary/aromatic N) is 1. The number of likely N-dealkylation sites (tertiary alicyclic amines) is 1. The van der Waals surface area contributed by atoms with Gasteiger partial charge in [0.15, 0.2) is 0 Å². The second kappa shape index (κ2) is 15.3. The lowest BCUT2D eigenvalue weighted by atomic mass is 10.1. The number of hydrogen-bond donors (Lipinski definition) is 8. The molecule has 1 rings (SSSR count). The Morgan fingerprint density at radius 2 is 1.32 bits per heavy atom. The summed E-state index contributed by atoms with van der Waals surface area (Å²) in [7, 11) is 0. The molecule has 40 heavy (non-hydrogen) atoms. The summed E-state index contributed by atoms with van der Waals surface area (Å²) >= 11 is 0. The summed E-state index contributed by atoms with van der Waals surface area (Å²) in [5, 5.41) is 18.6. The normalized spacial score (nSPS) is 18.3. The Morgan fingerprint density at radius 1 is 0.800 bits per heavy atom. The van der Waals surface area contributed by atoms with Gasteiger partial charge in [0.05, 0.1) is 12.5 Å². The van der Waals surface area contributed by atoms with E-state index < -0.39 is 90.0 Å². The second-order valence-corrected chi connectivity index (χ2v) is 9.56. The first-order chi connectivity index (χ1) is 18.5. The predicted molar refractivity (Wildman–Crippen MR) is 137 cm³/mol. The van der Waals surface area contributed by atoms with Gasteiger partial charge in [0.1, 0.15) is 30.2 Å². The predicted octanol–water partition coefficient (Wildman–Crippen LogP) is -4.47. The quantitative estimate of drug-likeness (QED) is 0.0933. The third-order valence-electron chi connectivity index (χ3n) is 6.13. The Hall–Kier alpha value is -4.28. The third-order valence-corrected chi connectivity index (χ3v) is 6.13. The number of carbonyl (C=O) groups excluding carboxylic acids is 7. The van der Waals surface area contributed by atoms with Crippen LogP contribution in [-0.4, -0.2) is 100 Å². The first-order valence-electron chi connectivity index (χ1n) is 12.6. The lowest BCUT2D eigenvalue weighted by molar-refractivity contribution is -0.149. The van der Waals surface area contributed by atoms with Gasteiger partial charge in [-0.05, 0) is 40.0 Å². The SMILES string of the molecule is C[C@H](NC(=O)[C@H](C)NC(=O)[C@@H](N)CCC(N)=O)C(=O)N[C@@H](CC(N)=O)C(=O)N[C@@H](C)C(=O)N1CCC[C@H]1C(=O)O. The minimum absolute atomic E-state index is 0.0278. The molecule has 1 saturated heterocycles. The molecule has 0 saturated carbocycles. The van der Waals surface area contributed by atoms with Crippen molar-refractivity contribution in [3.05, 3.63) is 0 Å². The third kappa shape index (κ3) is 10.5. The highest BCUT2D eigenvalue weighted by atomic mass is 16.4. The van der Waals surface area contributed by atoms with Crippen LogP contribution in [0.4, 0.5) is 0 Å². The maximum atomic E-state index is 12.8. The highest BCUT2D eigenvalue weighted by Gasteiger charge is 2.37. The van der Waals surface area contributed by atoms with E-state index in [0.29, 0.717) is 6.42 Å². The number of primary amides is 2. The molecule has 11 N–H and O–H groups in total. The smallest absolute Gasteiger partial charge is 0.326 e. The summed E-state index contributed by atoms with van der Waals surface area (Å²) in [6, 6.07) is -7.15. The van der Waals surface area contributed by atoms with Gasteiger partial charge < -0.3 is 48.5 Å². The minimum atomic E-state index is -1.51. The standard InChI is InChI=1S/C23H38N8O9/c1-10(28-20(36)13(24)6-7-16(25)32)18(34)27-11(2)19(35)30-14(9-17(26)33)21(37)29-12(3)22(38)31-8-4-5-15(31)23(39)40/h10-15H,4-9,24H2,1-3H3,(H2,25,32)(H2,26,33)(H,27,34)(H,28,36)(H,29,37)(H,30,35)(H,39,40)/t10-,11-,12-,13-,14-,15-/m0/s1. The molecule has 0 unspecified atom stereocenters. The van der Waals surface area contributed by atoms with E-state index in [-0.39, 0.29) is 25.8 Å². The van der Waals surface area contributed by atoms with Crippen LogP contribution < -0.4 is 38.5 Å². The van der Waals surface area contributed by atoms with Crippen molar-refractivity contribution in [2.24, 2.45) is 17.2 Å². The van der Waals surface area contributed by atoms with Crippen LogP contribution in [0.1, 0.15) is 52.9 Å². The number of nitrogens with one attached hydrogen (secondary N) is 4. The van der Waals surface area contributed by atoms with Gasteiger partial charge in [-0.15, -0.1) is 0 Å².